The van der Waals surface area contributed by atoms with E-state index >= 15 is 0 Å². The quantitative estimate of drug-likeness (QED) is 0.380. The number of benzene rings is 2. The average Bonchev–Trinajstić information content (AvgIpc) is 3.04. The van der Waals surface area contributed by atoms with Gasteiger partial charge < -0.3 is 19.7 Å². The molecule has 0 radical (unpaired) electrons. The summed E-state index contributed by atoms with van der Waals surface area (Å²) in [4.78, 5) is 27.6. The van der Waals surface area contributed by atoms with E-state index in [0.717, 1.165) is 11.8 Å². The van der Waals surface area contributed by atoms with Gasteiger partial charge in [-0.3, -0.25) is 10.1 Å². The summed E-state index contributed by atoms with van der Waals surface area (Å²) in [5, 5.41) is 31.6. The van der Waals surface area contributed by atoms with E-state index in [4.69, 9.17) is 9.47 Å². The Balaban J connectivity index is 2.06. The van der Waals surface area contributed by atoms with Crippen LogP contribution >= 0.6 is 11.8 Å². The third-order valence-corrected chi connectivity index (χ3v) is 5.16. The predicted molar refractivity (Wildman–Crippen MR) is 117 cm³/mol. The molecule has 0 saturated carbocycles. The zero-order valence-electron chi connectivity index (χ0n) is 16.6. The summed E-state index contributed by atoms with van der Waals surface area (Å²) in [6.45, 7) is 1.73. The fourth-order valence-electron chi connectivity index (χ4n) is 2.72. The van der Waals surface area contributed by atoms with E-state index in [2.05, 4.69) is 4.99 Å². The number of rotatable bonds is 6. The molecule has 2 N–H and O–H groups in total. The van der Waals surface area contributed by atoms with Crippen LogP contribution in [-0.2, 0) is 9.53 Å². The first kappa shape index (κ1) is 21.9. The molecule has 160 valence electrons. The van der Waals surface area contributed by atoms with Gasteiger partial charge in [-0.15, -0.1) is 0 Å². The second-order valence-corrected chi connectivity index (χ2v) is 7.21. The number of nitro groups is 1. The topological polar surface area (TPSA) is 131 Å². The Hall–Kier alpha value is -3.79. The maximum absolute atomic E-state index is 12.5. The summed E-state index contributed by atoms with van der Waals surface area (Å²) < 4.78 is 10.1. The number of aliphatic imine (C=N–C) groups is 1. The number of non-ortho nitro benzene ring substituents is 1. The molecule has 0 amide bonds. The van der Waals surface area contributed by atoms with Crippen molar-refractivity contribution < 1.29 is 29.4 Å². The molecule has 0 spiro atoms. The minimum atomic E-state index is -0.761. The third-order valence-electron chi connectivity index (χ3n) is 4.14. The van der Waals surface area contributed by atoms with Gasteiger partial charge in [-0.05, 0) is 36.8 Å². The zero-order valence-corrected chi connectivity index (χ0v) is 17.4. The van der Waals surface area contributed by atoms with Gasteiger partial charge in [-0.25, -0.2) is 9.79 Å². The van der Waals surface area contributed by atoms with Crippen LogP contribution < -0.4 is 4.74 Å². The molecule has 1 heterocycles. The largest absolute Gasteiger partial charge is 0.506 e. The first-order valence-electron chi connectivity index (χ1n) is 9.04. The number of phenols is 1. The molecule has 31 heavy (non-hydrogen) atoms. The number of aliphatic hydroxyl groups excluding tert-OH is 1. The van der Waals surface area contributed by atoms with Gasteiger partial charge in [0.15, 0.2) is 11.5 Å². The minimum absolute atomic E-state index is 0.0383. The number of carbonyl (C=O) groups excluding carboxylic acids is 1. The van der Waals surface area contributed by atoms with Gasteiger partial charge in [-0.1, -0.05) is 23.9 Å². The average molecular weight is 442 g/mol. The number of carbonyl (C=O) groups is 1. The van der Waals surface area contributed by atoms with Crippen molar-refractivity contribution in [3.63, 3.8) is 0 Å². The number of ether oxygens (including phenoxy) is 2. The van der Waals surface area contributed by atoms with Gasteiger partial charge >= 0.3 is 5.97 Å². The second-order valence-electron chi connectivity index (χ2n) is 6.18. The van der Waals surface area contributed by atoms with Crippen LogP contribution in [0.3, 0.4) is 0 Å². The first-order chi connectivity index (χ1) is 14.8. The van der Waals surface area contributed by atoms with Crippen molar-refractivity contribution in [3.05, 3.63) is 74.4 Å². The molecule has 2 aromatic carbocycles. The summed E-state index contributed by atoms with van der Waals surface area (Å²) in [5.41, 5.74) is 0.570. The maximum atomic E-state index is 12.5. The predicted octanol–water partition coefficient (Wildman–Crippen LogP) is 4.50. The molecule has 10 heteroatoms. The molecule has 0 saturated heterocycles. The van der Waals surface area contributed by atoms with Crippen molar-refractivity contribution in [1.82, 2.24) is 0 Å². The van der Waals surface area contributed by atoms with E-state index < -0.39 is 10.9 Å². The molecule has 0 unspecified atom stereocenters. The fraction of sp³-hybridized carbons (Fsp3) is 0.143. The lowest BCUT2D eigenvalue weighted by molar-refractivity contribution is -0.384. The fourth-order valence-corrected chi connectivity index (χ4v) is 3.76. The van der Waals surface area contributed by atoms with Crippen molar-refractivity contribution in [2.24, 2.45) is 4.99 Å². The van der Waals surface area contributed by atoms with Gasteiger partial charge in [0.2, 0.25) is 0 Å². The molecule has 1 aliphatic rings. The summed E-state index contributed by atoms with van der Waals surface area (Å²) in [5.74, 6) is -0.872. The van der Waals surface area contributed by atoms with E-state index in [1.807, 2.05) is 0 Å². The van der Waals surface area contributed by atoms with Crippen LogP contribution in [0.2, 0.25) is 0 Å². The number of nitrogens with zero attached hydrogens (tertiary/aromatic N) is 2. The number of aliphatic hydroxyl groups is 1. The van der Waals surface area contributed by atoms with Crippen molar-refractivity contribution >= 4 is 40.2 Å². The van der Waals surface area contributed by atoms with E-state index in [9.17, 15) is 25.1 Å². The van der Waals surface area contributed by atoms with E-state index in [1.54, 1.807) is 31.2 Å². The molecular formula is C21H18N2O7S. The molecule has 1 aliphatic heterocycles. The Morgan fingerprint density at radius 1 is 1.26 bits per heavy atom. The summed E-state index contributed by atoms with van der Waals surface area (Å²) >= 11 is 1.02. The van der Waals surface area contributed by atoms with Gasteiger partial charge in [0.05, 0.1) is 29.2 Å². The Labute approximate surface area is 181 Å². The molecule has 0 aromatic heterocycles. The highest BCUT2D eigenvalue weighted by Crippen LogP contribution is 2.41. The number of aromatic hydroxyl groups is 1. The first-order valence-corrected chi connectivity index (χ1v) is 9.86. The highest BCUT2D eigenvalue weighted by atomic mass is 32.2. The lowest BCUT2D eigenvalue weighted by Gasteiger charge is -2.04. The molecule has 3 rings (SSSR count). The Kier molecular flexibility index (Phi) is 6.61. The third kappa shape index (κ3) is 4.86. The van der Waals surface area contributed by atoms with Crippen molar-refractivity contribution in [1.29, 1.82) is 0 Å². The van der Waals surface area contributed by atoms with Gasteiger partial charge in [0, 0.05) is 12.1 Å². The lowest BCUT2D eigenvalue weighted by atomic mass is 10.1. The molecular weight excluding hydrogens is 424 g/mol. The number of thioether (sulfide) groups is 1. The Bertz CT molecular complexity index is 1140. The Morgan fingerprint density at radius 3 is 2.71 bits per heavy atom. The van der Waals surface area contributed by atoms with Crippen LogP contribution in [0, 0.1) is 10.1 Å². The van der Waals surface area contributed by atoms with Crippen LogP contribution in [0.5, 0.6) is 11.5 Å². The minimum Gasteiger partial charge on any atom is -0.506 e. The summed E-state index contributed by atoms with van der Waals surface area (Å²) in [6.07, 6.45) is 1.59. The second kappa shape index (κ2) is 9.35. The van der Waals surface area contributed by atoms with Crippen molar-refractivity contribution in [3.8, 4) is 11.5 Å². The number of methoxy groups -OCH3 is 1. The molecule has 0 fully saturated rings. The van der Waals surface area contributed by atoms with Gasteiger partial charge in [-0.2, -0.15) is 0 Å². The highest BCUT2D eigenvalue weighted by Gasteiger charge is 2.33. The number of phenolic OH excluding ortho intramolecular Hbond substituents is 1. The lowest BCUT2D eigenvalue weighted by Crippen LogP contribution is -2.12. The number of esters is 1. The van der Waals surface area contributed by atoms with Crippen LogP contribution in [0.1, 0.15) is 12.5 Å². The summed E-state index contributed by atoms with van der Waals surface area (Å²) in [7, 11) is 1.41. The van der Waals surface area contributed by atoms with Crippen LogP contribution in [0.15, 0.2) is 63.7 Å². The normalized spacial score (nSPS) is 16.1. The van der Waals surface area contributed by atoms with Crippen LogP contribution in [-0.4, -0.2) is 39.9 Å². The molecule has 9 nitrogen and oxygen atoms in total. The van der Waals surface area contributed by atoms with Crippen LogP contribution in [0.25, 0.3) is 6.08 Å². The number of nitro benzene ring substituents is 1. The number of hydrogen-bond donors (Lipinski definition) is 2. The molecule has 0 bridgehead atoms. The number of hydrogen-bond acceptors (Lipinski definition) is 9. The van der Waals surface area contributed by atoms with Crippen molar-refractivity contribution in [2.45, 2.75) is 6.92 Å². The highest BCUT2D eigenvalue weighted by molar-refractivity contribution is 8.18. The van der Waals surface area contributed by atoms with E-state index in [-0.39, 0.29) is 45.9 Å². The van der Waals surface area contributed by atoms with Gasteiger partial charge in [0.1, 0.15) is 16.4 Å². The SMILES string of the molecule is CCOC(=O)C1=C(O)/C(=C\c2ccc(O)c(OC)c2)SC1=Nc1cccc([N+](=O)[O-])c1. The zero-order chi connectivity index (χ0) is 22.5. The summed E-state index contributed by atoms with van der Waals surface area (Å²) in [6, 6.07) is 10.2. The Morgan fingerprint density at radius 2 is 2.03 bits per heavy atom. The molecule has 2 aromatic rings. The van der Waals surface area contributed by atoms with E-state index in [1.165, 1.54) is 31.4 Å². The smallest absolute Gasteiger partial charge is 0.344 e. The van der Waals surface area contributed by atoms with Crippen molar-refractivity contribution in [2.75, 3.05) is 13.7 Å². The standard InChI is InChI=1S/C21H18N2O7S/c1-3-30-21(26)18-19(25)17(10-12-7-8-15(24)16(9-12)29-2)31-20(18)22-13-5-4-6-14(11-13)23(27)28/h4-11,24-25H,3H2,1-2H3/b17-10+,22-20?. The van der Waals surface area contributed by atoms with Crippen LogP contribution in [0.4, 0.5) is 11.4 Å². The van der Waals surface area contributed by atoms with Gasteiger partial charge in [0.25, 0.3) is 5.69 Å². The molecule has 0 atom stereocenters. The van der Waals surface area contributed by atoms with E-state index in [0.29, 0.717) is 10.5 Å². The molecule has 0 aliphatic carbocycles. The monoisotopic (exact) mass is 442 g/mol. The maximum Gasteiger partial charge on any atom is 0.344 e.